The molecule has 2 rings (SSSR count). The number of aryl methyl sites for hydroxylation is 1. The van der Waals surface area contributed by atoms with E-state index in [-0.39, 0.29) is 17.3 Å². The van der Waals surface area contributed by atoms with E-state index in [1.54, 1.807) is 19.1 Å². The summed E-state index contributed by atoms with van der Waals surface area (Å²) >= 11 is 0. The minimum Gasteiger partial charge on any atom is -0.478 e. The van der Waals surface area contributed by atoms with Gasteiger partial charge in [-0.05, 0) is 19.9 Å². The highest BCUT2D eigenvalue weighted by molar-refractivity contribution is 5.53. The molecule has 0 saturated carbocycles. The van der Waals surface area contributed by atoms with Crippen molar-refractivity contribution in [3.05, 3.63) is 46.3 Å². The molecule has 0 unspecified atom stereocenters. The van der Waals surface area contributed by atoms with Crippen molar-refractivity contribution in [2.24, 2.45) is 0 Å². The quantitative estimate of drug-likeness (QED) is 0.616. The third-order valence-electron chi connectivity index (χ3n) is 2.51. The van der Waals surface area contributed by atoms with E-state index < -0.39 is 4.92 Å². The van der Waals surface area contributed by atoms with Crippen LogP contribution in [0.2, 0.25) is 0 Å². The molecule has 0 N–H and O–H groups in total. The van der Waals surface area contributed by atoms with Crippen LogP contribution >= 0.6 is 0 Å². The first kappa shape index (κ1) is 13.7. The lowest BCUT2D eigenvalue weighted by molar-refractivity contribution is -0.386. The highest BCUT2D eigenvalue weighted by atomic mass is 16.6. The number of hydrogen-bond acceptors (Lipinski definition) is 6. The maximum absolute atomic E-state index is 11.1. The summed E-state index contributed by atoms with van der Waals surface area (Å²) in [5.74, 6) is 0.682. The van der Waals surface area contributed by atoms with Crippen LogP contribution in [0.3, 0.4) is 0 Å². The Labute approximate surface area is 115 Å². The summed E-state index contributed by atoms with van der Waals surface area (Å²) in [6.07, 6.45) is 1.28. The first-order chi connectivity index (χ1) is 9.61. The van der Waals surface area contributed by atoms with E-state index in [0.29, 0.717) is 18.1 Å². The van der Waals surface area contributed by atoms with E-state index in [0.717, 1.165) is 0 Å². The number of nitro groups is 1. The fourth-order valence-corrected chi connectivity index (χ4v) is 1.67. The Bertz CT molecular complexity index is 631. The second-order valence-corrected chi connectivity index (χ2v) is 3.91. The van der Waals surface area contributed by atoms with E-state index >= 15 is 0 Å². The van der Waals surface area contributed by atoms with Crippen molar-refractivity contribution in [2.45, 2.75) is 13.8 Å². The molecule has 104 valence electrons. The maximum atomic E-state index is 11.1. The predicted molar refractivity (Wildman–Crippen MR) is 71.1 cm³/mol. The average molecular weight is 275 g/mol. The minimum atomic E-state index is -0.477. The van der Waals surface area contributed by atoms with Gasteiger partial charge < -0.3 is 9.47 Å². The van der Waals surface area contributed by atoms with E-state index in [1.807, 2.05) is 6.92 Å². The zero-order valence-electron chi connectivity index (χ0n) is 11.1. The van der Waals surface area contributed by atoms with Gasteiger partial charge in [-0.2, -0.15) is 0 Å². The molecule has 1 aromatic heterocycles. The van der Waals surface area contributed by atoms with Gasteiger partial charge in [0.15, 0.2) is 0 Å². The molecular weight excluding hydrogens is 262 g/mol. The molecule has 0 radical (unpaired) electrons. The van der Waals surface area contributed by atoms with Gasteiger partial charge >= 0.3 is 5.69 Å². The number of nitro benzene ring substituents is 1. The highest BCUT2D eigenvalue weighted by Crippen LogP contribution is 2.33. The van der Waals surface area contributed by atoms with Gasteiger partial charge in [0, 0.05) is 5.56 Å². The molecule has 0 fully saturated rings. The second kappa shape index (κ2) is 5.96. The zero-order valence-corrected chi connectivity index (χ0v) is 11.1. The molecule has 20 heavy (non-hydrogen) atoms. The second-order valence-electron chi connectivity index (χ2n) is 3.91. The summed E-state index contributed by atoms with van der Waals surface area (Å²) in [7, 11) is 0. The predicted octanol–water partition coefficient (Wildman–Crippen LogP) is 2.88. The molecule has 0 saturated heterocycles. The highest BCUT2D eigenvalue weighted by Gasteiger charge is 2.19. The van der Waals surface area contributed by atoms with Gasteiger partial charge in [-0.1, -0.05) is 12.1 Å². The molecular formula is C13H13N3O4. The summed E-state index contributed by atoms with van der Waals surface area (Å²) < 4.78 is 10.7. The summed E-state index contributed by atoms with van der Waals surface area (Å²) in [5.41, 5.74) is 0.440. The molecule has 1 heterocycles. The number of para-hydroxylation sites is 1. The van der Waals surface area contributed by atoms with Crippen molar-refractivity contribution in [3.63, 3.8) is 0 Å². The Kier molecular flexibility index (Phi) is 4.09. The molecule has 0 spiro atoms. The fraction of sp³-hybridized carbons (Fsp3) is 0.231. The van der Waals surface area contributed by atoms with E-state index in [2.05, 4.69) is 9.97 Å². The van der Waals surface area contributed by atoms with Crippen molar-refractivity contribution >= 4 is 5.69 Å². The first-order valence-corrected chi connectivity index (χ1v) is 5.98. The number of benzene rings is 1. The molecule has 7 nitrogen and oxygen atoms in total. The third-order valence-corrected chi connectivity index (χ3v) is 2.51. The smallest absolute Gasteiger partial charge is 0.314 e. The van der Waals surface area contributed by atoms with Crippen LogP contribution in [0.15, 0.2) is 30.6 Å². The minimum absolute atomic E-state index is 0.0796. The standard InChI is InChI=1S/C13H13N3O4/c1-3-19-11-7-12(15-8-14-11)20-10-6-4-5-9(2)13(10)16(17)18/h4-8H,3H2,1-2H3. The van der Waals surface area contributed by atoms with Gasteiger partial charge in [0.25, 0.3) is 0 Å². The lowest BCUT2D eigenvalue weighted by Crippen LogP contribution is -1.99. The van der Waals surface area contributed by atoms with Crippen molar-refractivity contribution in [3.8, 4) is 17.5 Å². The lowest BCUT2D eigenvalue weighted by Gasteiger charge is -2.07. The fourth-order valence-electron chi connectivity index (χ4n) is 1.67. The van der Waals surface area contributed by atoms with Gasteiger partial charge in [-0.3, -0.25) is 10.1 Å². The van der Waals surface area contributed by atoms with E-state index in [1.165, 1.54) is 18.5 Å². The summed E-state index contributed by atoms with van der Waals surface area (Å²) in [6, 6.07) is 6.34. The maximum Gasteiger partial charge on any atom is 0.314 e. The van der Waals surface area contributed by atoms with Crippen molar-refractivity contribution in [1.82, 2.24) is 9.97 Å². The van der Waals surface area contributed by atoms with Crippen LogP contribution < -0.4 is 9.47 Å². The summed E-state index contributed by atoms with van der Waals surface area (Å²) in [5, 5.41) is 11.1. The van der Waals surface area contributed by atoms with Crippen LogP contribution in [0.5, 0.6) is 17.5 Å². The first-order valence-electron chi connectivity index (χ1n) is 5.98. The number of hydrogen-bond donors (Lipinski definition) is 0. The Morgan fingerprint density at radius 3 is 2.75 bits per heavy atom. The summed E-state index contributed by atoms with van der Waals surface area (Å²) in [6.45, 7) is 3.94. The average Bonchev–Trinajstić information content (AvgIpc) is 2.39. The Hall–Kier alpha value is -2.70. The monoisotopic (exact) mass is 275 g/mol. The largest absolute Gasteiger partial charge is 0.478 e. The Balaban J connectivity index is 2.32. The molecule has 0 aliphatic rings. The van der Waals surface area contributed by atoms with Gasteiger partial charge in [0.05, 0.1) is 17.6 Å². The van der Waals surface area contributed by atoms with Crippen molar-refractivity contribution in [2.75, 3.05) is 6.61 Å². The lowest BCUT2D eigenvalue weighted by atomic mass is 10.2. The molecule has 0 aliphatic carbocycles. The van der Waals surface area contributed by atoms with E-state index in [4.69, 9.17) is 9.47 Å². The van der Waals surface area contributed by atoms with Gasteiger partial charge in [0.2, 0.25) is 17.5 Å². The van der Waals surface area contributed by atoms with Gasteiger partial charge in [-0.25, -0.2) is 9.97 Å². The van der Waals surface area contributed by atoms with Crippen LogP contribution in [0.4, 0.5) is 5.69 Å². The molecule has 7 heteroatoms. The van der Waals surface area contributed by atoms with Crippen LogP contribution in [0.25, 0.3) is 0 Å². The molecule has 2 aromatic rings. The number of nitrogens with zero attached hydrogens (tertiary/aromatic N) is 3. The normalized spacial score (nSPS) is 10.1. The Morgan fingerprint density at radius 1 is 1.30 bits per heavy atom. The van der Waals surface area contributed by atoms with Crippen LogP contribution in [-0.2, 0) is 0 Å². The van der Waals surface area contributed by atoms with Crippen molar-refractivity contribution in [1.29, 1.82) is 0 Å². The molecule has 0 atom stereocenters. The number of aromatic nitrogens is 2. The molecule has 0 aliphatic heterocycles. The Morgan fingerprint density at radius 2 is 2.05 bits per heavy atom. The molecule has 0 amide bonds. The number of rotatable bonds is 5. The van der Waals surface area contributed by atoms with Crippen LogP contribution in [0, 0.1) is 17.0 Å². The topological polar surface area (TPSA) is 87.4 Å². The molecule has 0 bridgehead atoms. The number of ether oxygens (including phenoxy) is 2. The van der Waals surface area contributed by atoms with Gasteiger partial charge in [0.1, 0.15) is 6.33 Å². The van der Waals surface area contributed by atoms with E-state index in [9.17, 15) is 10.1 Å². The van der Waals surface area contributed by atoms with Crippen LogP contribution in [0.1, 0.15) is 12.5 Å². The SMILES string of the molecule is CCOc1cc(Oc2cccc(C)c2[N+](=O)[O-])ncn1. The van der Waals surface area contributed by atoms with Crippen molar-refractivity contribution < 1.29 is 14.4 Å². The molecule has 1 aromatic carbocycles. The van der Waals surface area contributed by atoms with Gasteiger partial charge in [-0.15, -0.1) is 0 Å². The summed E-state index contributed by atoms with van der Waals surface area (Å²) in [4.78, 5) is 18.4. The zero-order chi connectivity index (χ0) is 14.5. The van der Waals surface area contributed by atoms with Crippen LogP contribution in [-0.4, -0.2) is 21.5 Å². The third kappa shape index (κ3) is 3.00.